The zero-order chi connectivity index (χ0) is 8.97. The van der Waals surface area contributed by atoms with Gasteiger partial charge in [-0.2, -0.15) is 0 Å². The van der Waals surface area contributed by atoms with Gasteiger partial charge in [0.1, 0.15) is 6.10 Å². The number of aliphatic hydroxyl groups is 1. The molecule has 0 saturated carbocycles. The Bertz CT molecular complexity index is 149. The second kappa shape index (κ2) is 4.42. The molecule has 12 heavy (non-hydrogen) atoms. The summed E-state index contributed by atoms with van der Waals surface area (Å²) in [6.07, 6.45) is 1.35. The molecule has 1 unspecified atom stereocenters. The van der Waals surface area contributed by atoms with Crippen molar-refractivity contribution in [3.8, 4) is 0 Å². The lowest BCUT2D eigenvalue weighted by Crippen LogP contribution is -2.34. The van der Waals surface area contributed by atoms with Crippen LogP contribution < -0.4 is 0 Å². The van der Waals surface area contributed by atoms with E-state index in [1.54, 1.807) is 0 Å². The fourth-order valence-electron chi connectivity index (χ4n) is 1.25. The quantitative estimate of drug-likeness (QED) is 0.603. The van der Waals surface area contributed by atoms with Gasteiger partial charge in [-0.1, -0.05) is 0 Å². The monoisotopic (exact) mass is 174 g/mol. The Hall–Kier alpha value is -0.610. The second-order valence-corrected chi connectivity index (χ2v) is 2.95. The van der Waals surface area contributed by atoms with Crippen LogP contribution in [-0.2, 0) is 14.3 Å². The predicted molar refractivity (Wildman–Crippen MR) is 41.6 cm³/mol. The summed E-state index contributed by atoms with van der Waals surface area (Å²) in [5.41, 5.74) is 0. The normalized spacial score (nSPS) is 29.8. The molecule has 1 fully saturated rings. The smallest absolute Gasteiger partial charge is 0.302 e. The van der Waals surface area contributed by atoms with Gasteiger partial charge in [0.2, 0.25) is 0 Å². The van der Waals surface area contributed by atoms with Gasteiger partial charge in [0, 0.05) is 6.92 Å². The number of aliphatic hydroxyl groups excluding tert-OH is 1. The molecule has 1 aliphatic heterocycles. The third-order valence-electron chi connectivity index (χ3n) is 1.86. The molecular formula is C8H14O4. The minimum absolute atomic E-state index is 0.0484. The average molecular weight is 174 g/mol. The molecule has 0 bridgehead atoms. The predicted octanol–water partition coefficient (Wildman–Crippen LogP) is 0.0894. The first-order chi connectivity index (χ1) is 5.72. The summed E-state index contributed by atoms with van der Waals surface area (Å²) in [7, 11) is 0. The highest BCUT2D eigenvalue weighted by molar-refractivity contribution is 5.66. The lowest BCUT2D eigenvalue weighted by Gasteiger charge is -2.27. The van der Waals surface area contributed by atoms with Crippen molar-refractivity contribution >= 4 is 5.97 Å². The van der Waals surface area contributed by atoms with Gasteiger partial charge in [0.25, 0.3) is 0 Å². The zero-order valence-corrected chi connectivity index (χ0v) is 7.16. The molecule has 0 aromatic carbocycles. The first-order valence-corrected chi connectivity index (χ1v) is 4.12. The molecule has 1 heterocycles. The summed E-state index contributed by atoms with van der Waals surface area (Å²) >= 11 is 0. The first-order valence-electron chi connectivity index (χ1n) is 4.12. The van der Waals surface area contributed by atoms with Crippen LogP contribution in [0.3, 0.4) is 0 Å². The molecule has 1 saturated heterocycles. The van der Waals surface area contributed by atoms with Gasteiger partial charge in [-0.15, -0.1) is 0 Å². The van der Waals surface area contributed by atoms with E-state index in [0.29, 0.717) is 6.61 Å². The van der Waals surface area contributed by atoms with Gasteiger partial charge < -0.3 is 14.6 Å². The number of rotatable bonds is 2. The van der Waals surface area contributed by atoms with Crippen LogP contribution in [0, 0.1) is 0 Å². The molecule has 4 nitrogen and oxygen atoms in total. The number of hydrogen-bond donors (Lipinski definition) is 1. The molecule has 2 atom stereocenters. The SMILES string of the molecule is CC(=O)OC1CC[C@@H](CO)OC1. The highest BCUT2D eigenvalue weighted by Crippen LogP contribution is 2.15. The van der Waals surface area contributed by atoms with Crippen molar-refractivity contribution in [2.24, 2.45) is 0 Å². The van der Waals surface area contributed by atoms with E-state index in [-0.39, 0.29) is 24.8 Å². The first kappa shape index (κ1) is 9.48. The summed E-state index contributed by atoms with van der Waals surface area (Å²) < 4.78 is 10.2. The van der Waals surface area contributed by atoms with Crippen LogP contribution in [0.15, 0.2) is 0 Å². The molecule has 0 aromatic rings. The fraction of sp³-hybridized carbons (Fsp3) is 0.875. The number of carbonyl (C=O) groups is 1. The van der Waals surface area contributed by atoms with Crippen LogP contribution in [0.25, 0.3) is 0 Å². The Balaban J connectivity index is 2.21. The number of esters is 1. The molecule has 1 rings (SSSR count). The van der Waals surface area contributed by atoms with Crippen molar-refractivity contribution < 1.29 is 19.4 Å². The summed E-state index contributed by atoms with van der Waals surface area (Å²) in [5.74, 6) is -0.272. The van der Waals surface area contributed by atoms with E-state index in [1.165, 1.54) is 6.92 Å². The largest absolute Gasteiger partial charge is 0.460 e. The lowest BCUT2D eigenvalue weighted by atomic mass is 10.1. The Morgan fingerprint density at radius 3 is 2.83 bits per heavy atom. The van der Waals surface area contributed by atoms with Crippen molar-refractivity contribution in [2.75, 3.05) is 13.2 Å². The van der Waals surface area contributed by atoms with Crippen LogP contribution in [0.5, 0.6) is 0 Å². The standard InChI is InChI=1S/C8H14O4/c1-6(10)12-8-3-2-7(4-9)11-5-8/h7-9H,2-5H2,1H3/t7-,8?/m0/s1. The van der Waals surface area contributed by atoms with E-state index in [4.69, 9.17) is 14.6 Å². The van der Waals surface area contributed by atoms with Gasteiger partial charge in [0.15, 0.2) is 0 Å². The van der Waals surface area contributed by atoms with E-state index < -0.39 is 0 Å². The molecule has 4 heteroatoms. The Kier molecular flexibility index (Phi) is 3.49. The Morgan fingerprint density at radius 2 is 2.42 bits per heavy atom. The summed E-state index contributed by atoms with van der Waals surface area (Å²) in [6, 6.07) is 0. The average Bonchev–Trinajstić information content (AvgIpc) is 2.05. The van der Waals surface area contributed by atoms with E-state index in [0.717, 1.165) is 12.8 Å². The lowest BCUT2D eigenvalue weighted by molar-refractivity contribution is -0.157. The Labute approximate surface area is 71.5 Å². The summed E-state index contributed by atoms with van der Waals surface area (Å²) in [4.78, 5) is 10.5. The minimum atomic E-state index is -0.272. The van der Waals surface area contributed by atoms with Gasteiger partial charge in [-0.3, -0.25) is 4.79 Å². The molecule has 0 spiro atoms. The highest BCUT2D eigenvalue weighted by Gasteiger charge is 2.22. The highest BCUT2D eigenvalue weighted by atomic mass is 16.6. The van der Waals surface area contributed by atoms with Crippen LogP contribution >= 0.6 is 0 Å². The van der Waals surface area contributed by atoms with Crippen LogP contribution in [-0.4, -0.2) is 36.5 Å². The van der Waals surface area contributed by atoms with E-state index >= 15 is 0 Å². The molecular weight excluding hydrogens is 160 g/mol. The van der Waals surface area contributed by atoms with Gasteiger partial charge in [0.05, 0.1) is 19.3 Å². The molecule has 0 aromatic heterocycles. The van der Waals surface area contributed by atoms with Gasteiger partial charge in [-0.25, -0.2) is 0 Å². The van der Waals surface area contributed by atoms with E-state index in [2.05, 4.69) is 0 Å². The topological polar surface area (TPSA) is 55.8 Å². The van der Waals surface area contributed by atoms with Gasteiger partial charge >= 0.3 is 5.97 Å². The van der Waals surface area contributed by atoms with Crippen LogP contribution in [0.1, 0.15) is 19.8 Å². The van der Waals surface area contributed by atoms with E-state index in [1.807, 2.05) is 0 Å². The minimum Gasteiger partial charge on any atom is -0.460 e. The van der Waals surface area contributed by atoms with Crippen LogP contribution in [0.2, 0.25) is 0 Å². The number of ether oxygens (including phenoxy) is 2. The molecule has 1 N–H and O–H groups in total. The maximum atomic E-state index is 10.5. The third-order valence-corrected chi connectivity index (χ3v) is 1.86. The molecule has 0 aliphatic carbocycles. The van der Waals surface area contributed by atoms with Gasteiger partial charge in [-0.05, 0) is 12.8 Å². The van der Waals surface area contributed by atoms with Crippen molar-refractivity contribution in [2.45, 2.75) is 32.0 Å². The maximum absolute atomic E-state index is 10.5. The van der Waals surface area contributed by atoms with Crippen molar-refractivity contribution in [3.05, 3.63) is 0 Å². The number of hydrogen-bond acceptors (Lipinski definition) is 4. The third kappa shape index (κ3) is 2.79. The second-order valence-electron chi connectivity index (χ2n) is 2.95. The zero-order valence-electron chi connectivity index (χ0n) is 7.16. The number of carbonyl (C=O) groups excluding carboxylic acids is 1. The molecule has 0 radical (unpaired) electrons. The summed E-state index contributed by atoms with van der Waals surface area (Å²) in [5, 5.41) is 8.73. The maximum Gasteiger partial charge on any atom is 0.302 e. The van der Waals surface area contributed by atoms with Crippen molar-refractivity contribution in [1.82, 2.24) is 0 Å². The molecule has 70 valence electrons. The van der Waals surface area contributed by atoms with Crippen LogP contribution in [0.4, 0.5) is 0 Å². The van der Waals surface area contributed by atoms with E-state index in [9.17, 15) is 4.79 Å². The molecule has 1 aliphatic rings. The fourth-order valence-corrected chi connectivity index (χ4v) is 1.25. The van der Waals surface area contributed by atoms with Crippen molar-refractivity contribution in [1.29, 1.82) is 0 Å². The van der Waals surface area contributed by atoms with Crippen molar-refractivity contribution in [3.63, 3.8) is 0 Å². The Morgan fingerprint density at radius 1 is 1.67 bits per heavy atom. The summed E-state index contributed by atoms with van der Waals surface area (Å²) in [6.45, 7) is 1.84. The molecule has 0 amide bonds.